The third-order valence-electron chi connectivity index (χ3n) is 3.60. The lowest BCUT2D eigenvalue weighted by Gasteiger charge is -2.32. The van der Waals surface area contributed by atoms with Gasteiger partial charge in [0.15, 0.2) is 0 Å². The maximum absolute atomic E-state index is 12.1. The Labute approximate surface area is 135 Å². The van der Waals surface area contributed by atoms with Gasteiger partial charge in [0.2, 0.25) is 5.91 Å². The van der Waals surface area contributed by atoms with E-state index in [1.165, 1.54) is 0 Å². The Morgan fingerprint density at radius 2 is 2.18 bits per heavy atom. The van der Waals surface area contributed by atoms with Crippen molar-refractivity contribution in [3.63, 3.8) is 0 Å². The molecular weight excluding hydrogens is 308 g/mol. The van der Waals surface area contributed by atoms with Gasteiger partial charge < -0.3 is 15.2 Å². The van der Waals surface area contributed by atoms with Gasteiger partial charge in [-0.05, 0) is 31.5 Å². The van der Waals surface area contributed by atoms with Crippen molar-refractivity contribution in [1.82, 2.24) is 4.90 Å². The molecule has 1 unspecified atom stereocenters. The molecule has 0 aromatic heterocycles. The zero-order chi connectivity index (χ0) is 15.2. The van der Waals surface area contributed by atoms with Crippen LogP contribution < -0.4 is 10.1 Å². The van der Waals surface area contributed by atoms with Crippen LogP contribution in [-0.2, 0) is 9.59 Å². The van der Waals surface area contributed by atoms with E-state index in [4.69, 9.17) is 4.74 Å². The number of likely N-dealkylation sites (tertiary alicyclic amines) is 1. The van der Waals surface area contributed by atoms with Crippen molar-refractivity contribution in [2.45, 2.75) is 25.3 Å². The van der Waals surface area contributed by atoms with Gasteiger partial charge in [-0.2, -0.15) is 0 Å². The summed E-state index contributed by atoms with van der Waals surface area (Å²) in [5, 5.41) is 12.0. The molecule has 0 aliphatic carbocycles. The van der Waals surface area contributed by atoms with Gasteiger partial charge in [-0.3, -0.25) is 14.5 Å². The number of aliphatic carboxylic acids is 1. The molecule has 0 bridgehead atoms. The lowest BCUT2D eigenvalue weighted by Crippen LogP contribution is -2.47. The van der Waals surface area contributed by atoms with Crippen LogP contribution in [0, 0.1) is 0 Å². The molecule has 1 saturated heterocycles. The summed E-state index contributed by atoms with van der Waals surface area (Å²) in [4.78, 5) is 25.0. The van der Waals surface area contributed by atoms with Crippen LogP contribution in [-0.4, -0.2) is 48.1 Å². The molecule has 1 heterocycles. The number of benzene rings is 1. The van der Waals surface area contributed by atoms with Crippen LogP contribution in [0.4, 0.5) is 5.69 Å². The summed E-state index contributed by atoms with van der Waals surface area (Å²) >= 11 is 0. The van der Waals surface area contributed by atoms with Crippen LogP contribution in [0.25, 0.3) is 0 Å². The smallest absolute Gasteiger partial charge is 0.320 e. The highest BCUT2D eigenvalue weighted by Gasteiger charge is 2.29. The van der Waals surface area contributed by atoms with Crippen LogP contribution in [0.15, 0.2) is 24.3 Å². The molecule has 2 N–H and O–H groups in total. The van der Waals surface area contributed by atoms with Gasteiger partial charge in [-0.25, -0.2) is 0 Å². The molecule has 122 valence electrons. The highest BCUT2D eigenvalue weighted by Crippen LogP contribution is 2.19. The van der Waals surface area contributed by atoms with Crippen LogP contribution in [0.1, 0.15) is 19.3 Å². The lowest BCUT2D eigenvalue weighted by molar-refractivity contribution is -0.145. The number of piperidine rings is 1. The largest absolute Gasteiger partial charge is 0.497 e. The number of anilines is 1. The van der Waals surface area contributed by atoms with Gasteiger partial charge in [-0.15, -0.1) is 12.4 Å². The third-order valence-corrected chi connectivity index (χ3v) is 3.60. The van der Waals surface area contributed by atoms with E-state index in [0.29, 0.717) is 24.4 Å². The van der Waals surface area contributed by atoms with Crippen molar-refractivity contribution in [2.24, 2.45) is 0 Å². The molecule has 0 spiro atoms. The van der Waals surface area contributed by atoms with Gasteiger partial charge in [0.1, 0.15) is 11.8 Å². The molecule has 1 aliphatic heterocycles. The van der Waals surface area contributed by atoms with Crippen molar-refractivity contribution in [3.05, 3.63) is 24.3 Å². The number of rotatable bonds is 5. The van der Waals surface area contributed by atoms with Crippen LogP contribution in [0.2, 0.25) is 0 Å². The predicted octanol–water partition coefficient (Wildman–Crippen LogP) is 1.99. The average molecular weight is 329 g/mol. The zero-order valence-corrected chi connectivity index (χ0v) is 13.3. The molecule has 0 saturated carbocycles. The Morgan fingerprint density at radius 3 is 2.86 bits per heavy atom. The molecule has 1 aliphatic rings. The van der Waals surface area contributed by atoms with Crippen LogP contribution in [0.3, 0.4) is 0 Å². The van der Waals surface area contributed by atoms with Crippen molar-refractivity contribution in [2.75, 3.05) is 25.5 Å². The van der Waals surface area contributed by atoms with E-state index >= 15 is 0 Å². The number of halogens is 1. The van der Waals surface area contributed by atoms with E-state index in [2.05, 4.69) is 5.32 Å². The number of nitrogens with zero attached hydrogens (tertiary/aromatic N) is 1. The summed E-state index contributed by atoms with van der Waals surface area (Å²) in [6, 6.07) is 6.51. The minimum Gasteiger partial charge on any atom is -0.497 e. The van der Waals surface area contributed by atoms with E-state index in [0.717, 1.165) is 12.8 Å². The summed E-state index contributed by atoms with van der Waals surface area (Å²) in [6.45, 7) is 0.733. The molecule has 7 heteroatoms. The Hall–Kier alpha value is -1.79. The summed E-state index contributed by atoms with van der Waals surface area (Å²) in [6.07, 6.45) is 2.42. The average Bonchev–Trinajstić information content (AvgIpc) is 2.47. The Kier molecular flexibility index (Phi) is 7.14. The second-order valence-corrected chi connectivity index (χ2v) is 5.10. The van der Waals surface area contributed by atoms with Crippen molar-refractivity contribution in [3.8, 4) is 5.75 Å². The first kappa shape index (κ1) is 18.3. The maximum Gasteiger partial charge on any atom is 0.320 e. The van der Waals surface area contributed by atoms with Gasteiger partial charge in [0.25, 0.3) is 0 Å². The Morgan fingerprint density at radius 1 is 1.41 bits per heavy atom. The number of carbonyl (C=O) groups is 2. The fraction of sp³-hybridized carbons (Fsp3) is 0.467. The van der Waals surface area contributed by atoms with Gasteiger partial charge in [-0.1, -0.05) is 12.5 Å². The fourth-order valence-electron chi connectivity index (χ4n) is 2.55. The maximum atomic E-state index is 12.1. The predicted molar refractivity (Wildman–Crippen MR) is 85.7 cm³/mol. The Bertz CT molecular complexity index is 524. The topological polar surface area (TPSA) is 78.9 Å². The third kappa shape index (κ3) is 4.89. The standard InChI is InChI=1S/C15H20N2O4.ClH/c1-21-12-6-4-5-11(9-12)16-14(18)10-17-8-3-2-7-13(17)15(19)20;/h4-6,9,13H,2-3,7-8,10H2,1H3,(H,16,18)(H,19,20);1H. The molecular formula is C15H21ClN2O4. The molecule has 1 aromatic rings. The van der Waals surface area contributed by atoms with E-state index < -0.39 is 12.0 Å². The summed E-state index contributed by atoms with van der Waals surface area (Å²) in [5.41, 5.74) is 0.642. The van der Waals surface area contributed by atoms with Crippen molar-refractivity contribution in [1.29, 1.82) is 0 Å². The molecule has 6 nitrogen and oxygen atoms in total. The van der Waals surface area contributed by atoms with Gasteiger partial charge in [0, 0.05) is 11.8 Å². The number of carbonyl (C=O) groups excluding carboxylic acids is 1. The van der Waals surface area contributed by atoms with Crippen LogP contribution >= 0.6 is 12.4 Å². The molecule has 1 atom stereocenters. The number of methoxy groups -OCH3 is 1. The highest BCUT2D eigenvalue weighted by molar-refractivity contribution is 5.92. The quantitative estimate of drug-likeness (QED) is 0.864. The SMILES string of the molecule is COc1cccc(NC(=O)CN2CCCCC2C(=O)O)c1.Cl. The number of hydrogen-bond donors (Lipinski definition) is 2. The van der Waals surface area contributed by atoms with E-state index in [-0.39, 0.29) is 24.9 Å². The number of ether oxygens (including phenoxy) is 1. The summed E-state index contributed by atoms with van der Waals surface area (Å²) < 4.78 is 5.10. The number of amides is 1. The van der Waals surface area contributed by atoms with Gasteiger partial charge in [0.05, 0.1) is 13.7 Å². The van der Waals surface area contributed by atoms with Gasteiger partial charge >= 0.3 is 5.97 Å². The highest BCUT2D eigenvalue weighted by atomic mass is 35.5. The molecule has 1 fully saturated rings. The number of carboxylic acid groups (broad SMARTS) is 1. The van der Waals surface area contributed by atoms with E-state index in [1.807, 2.05) is 0 Å². The minimum atomic E-state index is -0.858. The Balaban J connectivity index is 0.00000242. The van der Waals surface area contributed by atoms with E-state index in [9.17, 15) is 14.7 Å². The number of hydrogen-bond acceptors (Lipinski definition) is 4. The minimum absolute atomic E-state index is 0. The first-order valence-electron chi connectivity index (χ1n) is 7.01. The molecule has 22 heavy (non-hydrogen) atoms. The first-order valence-corrected chi connectivity index (χ1v) is 7.01. The normalized spacial score (nSPS) is 18.1. The first-order chi connectivity index (χ1) is 10.1. The molecule has 0 radical (unpaired) electrons. The lowest BCUT2D eigenvalue weighted by atomic mass is 10.0. The van der Waals surface area contributed by atoms with Crippen molar-refractivity contribution >= 4 is 30.0 Å². The number of nitrogens with one attached hydrogen (secondary N) is 1. The second-order valence-electron chi connectivity index (χ2n) is 5.10. The molecule has 1 aromatic carbocycles. The zero-order valence-electron chi connectivity index (χ0n) is 12.4. The number of carboxylic acids is 1. The summed E-state index contributed by atoms with van der Waals surface area (Å²) in [7, 11) is 1.56. The molecule has 2 rings (SSSR count). The van der Waals surface area contributed by atoms with E-state index in [1.54, 1.807) is 36.3 Å². The molecule has 1 amide bonds. The monoisotopic (exact) mass is 328 g/mol. The second kappa shape index (κ2) is 8.60. The fourth-order valence-corrected chi connectivity index (χ4v) is 2.55. The van der Waals surface area contributed by atoms with Crippen LogP contribution in [0.5, 0.6) is 5.75 Å². The summed E-state index contributed by atoms with van der Waals surface area (Å²) in [5.74, 6) is -0.408. The van der Waals surface area contributed by atoms with Crippen molar-refractivity contribution < 1.29 is 19.4 Å².